The predicted molar refractivity (Wildman–Crippen MR) is 176 cm³/mol. The molecule has 0 bridgehead atoms. The van der Waals surface area contributed by atoms with Gasteiger partial charge in [-0.15, -0.1) is 11.8 Å². The van der Waals surface area contributed by atoms with Crippen LogP contribution in [0, 0.1) is 5.82 Å². The Morgan fingerprint density at radius 1 is 0.822 bits per heavy atom. The largest absolute Gasteiger partial charge is 0.457 e. The van der Waals surface area contributed by atoms with E-state index in [1.165, 1.54) is 36.0 Å². The molecule has 0 fully saturated rings. The first-order chi connectivity index (χ1) is 21.7. The minimum Gasteiger partial charge on any atom is -0.457 e. The van der Waals surface area contributed by atoms with Crippen LogP contribution in [0.4, 0.5) is 15.8 Å². The van der Waals surface area contributed by atoms with E-state index in [0.717, 1.165) is 10.5 Å². The molecule has 3 N–H and O–H groups in total. The Kier molecular flexibility index (Phi) is 10.1. The zero-order valence-corrected chi connectivity index (χ0v) is 25.5. The molecule has 1 heterocycles. The lowest BCUT2D eigenvalue weighted by Crippen LogP contribution is -2.30. The highest BCUT2D eigenvalue weighted by molar-refractivity contribution is 8.00. The van der Waals surface area contributed by atoms with Crippen molar-refractivity contribution in [2.45, 2.75) is 17.1 Å². The van der Waals surface area contributed by atoms with E-state index in [2.05, 4.69) is 16.0 Å². The van der Waals surface area contributed by atoms with Crippen molar-refractivity contribution in [2.75, 3.05) is 10.6 Å². The standard InChI is InChI=1S/C35H27ClFN3O4S/c1-22(33(41)39-26-14-18-30(37)29(36)20-26)45-28-16-12-25(13-17-28)38-35(43)31(40-34(42)24-10-6-3-7-11-24)21-27-15-19-32(44-27)23-8-4-2-5-9-23/h2-22H,1H3,(H,38,43)(H,39,41)(H,40,42)/b31-21+/t22-/m0/s1. The second kappa shape index (κ2) is 14.6. The molecule has 5 rings (SSSR count). The van der Waals surface area contributed by atoms with Crippen molar-refractivity contribution < 1.29 is 23.2 Å². The average molecular weight is 640 g/mol. The number of furan rings is 1. The van der Waals surface area contributed by atoms with E-state index in [0.29, 0.717) is 28.5 Å². The highest BCUT2D eigenvalue weighted by Gasteiger charge is 2.18. The Balaban J connectivity index is 1.27. The van der Waals surface area contributed by atoms with Crippen molar-refractivity contribution in [2.24, 2.45) is 0 Å². The van der Waals surface area contributed by atoms with E-state index in [4.69, 9.17) is 16.0 Å². The van der Waals surface area contributed by atoms with Gasteiger partial charge in [-0.25, -0.2) is 4.39 Å². The van der Waals surface area contributed by atoms with Crippen LogP contribution in [0.3, 0.4) is 0 Å². The van der Waals surface area contributed by atoms with Gasteiger partial charge < -0.3 is 20.4 Å². The fraction of sp³-hybridized carbons (Fsp3) is 0.0571. The molecule has 0 spiro atoms. The van der Waals surface area contributed by atoms with Gasteiger partial charge >= 0.3 is 0 Å². The summed E-state index contributed by atoms with van der Waals surface area (Å²) in [6, 6.07) is 32.5. The van der Waals surface area contributed by atoms with Crippen molar-refractivity contribution in [3.63, 3.8) is 0 Å². The van der Waals surface area contributed by atoms with Gasteiger partial charge in [0.25, 0.3) is 11.8 Å². The summed E-state index contributed by atoms with van der Waals surface area (Å²) in [4.78, 5) is 39.8. The second-order valence-corrected chi connectivity index (χ2v) is 11.6. The molecule has 0 radical (unpaired) electrons. The van der Waals surface area contributed by atoms with Crippen LogP contribution < -0.4 is 16.0 Å². The zero-order valence-electron chi connectivity index (χ0n) is 23.9. The van der Waals surface area contributed by atoms with Gasteiger partial charge in [0.05, 0.1) is 10.3 Å². The summed E-state index contributed by atoms with van der Waals surface area (Å²) in [7, 11) is 0. The minimum atomic E-state index is -0.566. The fourth-order valence-electron chi connectivity index (χ4n) is 4.16. The highest BCUT2D eigenvalue weighted by atomic mass is 35.5. The number of carbonyl (C=O) groups excluding carboxylic acids is 3. The van der Waals surface area contributed by atoms with Gasteiger partial charge in [0.2, 0.25) is 5.91 Å². The van der Waals surface area contributed by atoms with Crippen LogP contribution in [0.2, 0.25) is 5.02 Å². The van der Waals surface area contributed by atoms with Gasteiger partial charge in [0.15, 0.2) is 0 Å². The Hall–Kier alpha value is -5.12. The second-order valence-electron chi connectivity index (χ2n) is 9.80. The van der Waals surface area contributed by atoms with Crippen molar-refractivity contribution in [1.82, 2.24) is 5.32 Å². The van der Waals surface area contributed by atoms with Gasteiger partial charge in [-0.05, 0) is 73.7 Å². The summed E-state index contributed by atoms with van der Waals surface area (Å²) in [5, 5.41) is 7.67. The smallest absolute Gasteiger partial charge is 0.272 e. The number of rotatable bonds is 10. The Labute approximate surface area is 268 Å². The normalized spacial score (nSPS) is 11.8. The molecule has 45 heavy (non-hydrogen) atoms. The third-order valence-electron chi connectivity index (χ3n) is 6.48. The number of hydrogen-bond acceptors (Lipinski definition) is 5. The molecule has 5 aromatic rings. The van der Waals surface area contributed by atoms with E-state index in [-0.39, 0.29) is 16.6 Å². The lowest BCUT2D eigenvalue weighted by molar-refractivity contribution is -0.115. The quantitative estimate of drug-likeness (QED) is 0.105. The average Bonchev–Trinajstić information content (AvgIpc) is 3.53. The van der Waals surface area contributed by atoms with Crippen molar-refractivity contribution in [3.05, 3.63) is 143 Å². The molecular weight excluding hydrogens is 613 g/mol. The highest BCUT2D eigenvalue weighted by Crippen LogP contribution is 2.27. The van der Waals surface area contributed by atoms with Gasteiger partial charge in [0, 0.05) is 33.5 Å². The Morgan fingerprint density at radius 2 is 1.49 bits per heavy atom. The Bertz CT molecular complexity index is 1840. The summed E-state index contributed by atoms with van der Waals surface area (Å²) in [5.41, 5.74) is 2.13. The molecule has 0 unspecified atom stereocenters. The van der Waals surface area contributed by atoms with E-state index in [1.54, 1.807) is 73.7 Å². The van der Waals surface area contributed by atoms with Gasteiger partial charge in [-0.2, -0.15) is 0 Å². The number of anilines is 2. The molecule has 10 heteroatoms. The first kappa shape index (κ1) is 31.3. The molecule has 0 aliphatic rings. The van der Waals surface area contributed by atoms with Crippen molar-refractivity contribution in [1.29, 1.82) is 0 Å². The summed E-state index contributed by atoms with van der Waals surface area (Å²) < 4.78 is 19.4. The van der Waals surface area contributed by atoms with Crippen molar-refractivity contribution >= 4 is 58.5 Å². The molecule has 4 aromatic carbocycles. The molecule has 7 nitrogen and oxygen atoms in total. The molecule has 0 saturated heterocycles. The summed E-state index contributed by atoms with van der Waals surface area (Å²) in [6.07, 6.45) is 1.47. The molecule has 0 aliphatic carbocycles. The molecular formula is C35H27ClFN3O4S. The van der Waals surface area contributed by atoms with E-state index < -0.39 is 22.9 Å². The Morgan fingerprint density at radius 3 is 2.18 bits per heavy atom. The van der Waals surface area contributed by atoms with E-state index >= 15 is 0 Å². The first-order valence-corrected chi connectivity index (χ1v) is 15.1. The number of halogens is 2. The van der Waals surface area contributed by atoms with Crippen molar-refractivity contribution in [3.8, 4) is 11.3 Å². The fourth-order valence-corrected chi connectivity index (χ4v) is 5.21. The topological polar surface area (TPSA) is 100 Å². The molecule has 3 amide bonds. The van der Waals surface area contributed by atoms with Gasteiger partial charge in [0.1, 0.15) is 23.0 Å². The van der Waals surface area contributed by atoms with Crippen LogP contribution in [0.25, 0.3) is 17.4 Å². The predicted octanol–water partition coefficient (Wildman–Crippen LogP) is 8.27. The van der Waals surface area contributed by atoms with Crippen LogP contribution in [-0.2, 0) is 9.59 Å². The first-order valence-electron chi connectivity index (χ1n) is 13.8. The number of benzene rings is 4. The van der Waals surface area contributed by atoms with E-state index in [1.807, 2.05) is 30.3 Å². The summed E-state index contributed by atoms with van der Waals surface area (Å²) >= 11 is 7.11. The van der Waals surface area contributed by atoms with E-state index in [9.17, 15) is 18.8 Å². The monoisotopic (exact) mass is 639 g/mol. The summed E-state index contributed by atoms with van der Waals surface area (Å²) in [6.45, 7) is 1.74. The minimum absolute atomic E-state index is 0.0116. The van der Waals surface area contributed by atoms with Crippen LogP contribution in [-0.4, -0.2) is 23.0 Å². The number of thioether (sulfide) groups is 1. The van der Waals surface area contributed by atoms with Crippen LogP contribution in [0.15, 0.2) is 130 Å². The molecule has 1 atom stereocenters. The third kappa shape index (κ3) is 8.50. The maximum absolute atomic E-state index is 13.4. The lowest BCUT2D eigenvalue weighted by Gasteiger charge is -2.13. The number of carbonyl (C=O) groups is 3. The molecule has 1 aromatic heterocycles. The maximum Gasteiger partial charge on any atom is 0.272 e. The molecule has 0 saturated carbocycles. The van der Waals surface area contributed by atoms with Gasteiger partial charge in [-0.1, -0.05) is 60.1 Å². The number of nitrogens with one attached hydrogen (secondary N) is 3. The maximum atomic E-state index is 13.4. The summed E-state index contributed by atoms with van der Waals surface area (Å²) in [5.74, 6) is -0.847. The molecule has 226 valence electrons. The zero-order chi connectivity index (χ0) is 31.8. The number of hydrogen-bond donors (Lipinski definition) is 3. The number of amides is 3. The van der Waals surface area contributed by atoms with Crippen LogP contribution in [0.5, 0.6) is 0 Å². The molecule has 0 aliphatic heterocycles. The third-order valence-corrected chi connectivity index (χ3v) is 7.88. The SMILES string of the molecule is C[C@H](Sc1ccc(NC(=O)/C(=C\c2ccc(-c3ccccc3)o2)NC(=O)c2ccccc2)cc1)C(=O)Nc1ccc(F)c(Cl)c1. The van der Waals surface area contributed by atoms with Crippen LogP contribution in [0.1, 0.15) is 23.0 Å². The van der Waals surface area contributed by atoms with Gasteiger partial charge in [-0.3, -0.25) is 14.4 Å². The lowest BCUT2D eigenvalue weighted by atomic mass is 10.2. The van der Waals surface area contributed by atoms with Crippen LogP contribution >= 0.6 is 23.4 Å².